The molecule has 104 valence electrons. The van der Waals surface area contributed by atoms with Crippen molar-refractivity contribution in [2.24, 2.45) is 0 Å². The Morgan fingerprint density at radius 3 is 2.84 bits per heavy atom. The maximum Gasteiger partial charge on any atom is 0.251 e. The molecule has 1 spiro atoms. The van der Waals surface area contributed by atoms with E-state index in [-0.39, 0.29) is 12.0 Å². The SMILES string of the molecule is Cc1cc(CN2CCC3(CC2)NC(=O)C(C)O3)sn1. The lowest BCUT2D eigenvalue weighted by atomic mass is 10.0. The van der Waals surface area contributed by atoms with Crippen molar-refractivity contribution in [1.29, 1.82) is 0 Å². The highest BCUT2D eigenvalue weighted by atomic mass is 32.1. The summed E-state index contributed by atoms with van der Waals surface area (Å²) in [7, 11) is 0. The van der Waals surface area contributed by atoms with Crippen LogP contribution < -0.4 is 5.32 Å². The second-order valence-electron chi connectivity index (χ2n) is 5.45. The highest BCUT2D eigenvalue weighted by molar-refractivity contribution is 7.05. The molecule has 2 saturated heterocycles. The summed E-state index contributed by atoms with van der Waals surface area (Å²) in [5.74, 6) is 0.0199. The Labute approximate surface area is 117 Å². The van der Waals surface area contributed by atoms with Crippen LogP contribution in [0.15, 0.2) is 6.07 Å². The number of ether oxygens (including phenoxy) is 1. The van der Waals surface area contributed by atoms with E-state index < -0.39 is 5.72 Å². The summed E-state index contributed by atoms with van der Waals surface area (Å²) in [5, 5.41) is 3.01. The van der Waals surface area contributed by atoms with E-state index in [1.54, 1.807) is 11.5 Å². The molecule has 0 bridgehead atoms. The molecule has 1 aromatic heterocycles. The molecule has 1 N–H and O–H groups in total. The molecule has 0 saturated carbocycles. The minimum absolute atomic E-state index is 0.0199. The Bertz CT molecular complexity index is 480. The average Bonchev–Trinajstić information content (AvgIpc) is 2.88. The smallest absolute Gasteiger partial charge is 0.251 e. The molecule has 1 amide bonds. The van der Waals surface area contributed by atoms with Gasteiger partial charge in [-0.15, -0.1) is 0 Å². The number of nitrogens with zero attached hydrogens (tertiary/aromatic N) is 2. The van der Waals surface area contributed by atoms with Crippen LogP contribution in [0.4, 0.5) is 0 Å². The topological polar surface area (TPSA) is 54.5 Å². The summed E-state index contributed by atoms with van der Waals surface area (Å²) < 4.78 is 10.1. The van der Waals surface area contributed by atoms with Crippen molar-refractivity contribution in [3.8, 4) is 0 Å². The highest BCUT2D eigenvalue weighted by Crippen LogP contribution is 2.30. The van der Waals surface area contributed by atoms with Crippen LogP contribution in [0.5, 0.6) is 0 Å². The zero-order valence-electron chi connectivity index (χ0n) is 11.3. The van der Waals surface area contributed by atoms with Crippen molar-refractivity contribution in [2.45, 2.75) is 45.1 Å². The molecule has 6 heteroatoms. The van der Waals surface area contributed by atoms with E-state index >= 15 is 0 Å². The van der Waals surface area contributed by atoms with Gasteiger partial charge in [-0.05, 0) is 31.4 Å². The summed E-state index contributed by atoms with van der Waals surface area (Å²) >= 11 is 1.58. The van der Waals surface area contributed by atoms with Gasteiger partial charge in [-0.3, -0.25) is 9.69 Å². The highest BCUT2D eigenvalue weighted by Gasteiger charge is 2.45. The molecular formula is C13H19N3O2S. The Balaban J connectivity index is 1.56. The summed E-state index contributed by atoms with van der Waals surface area (Å²) in [6, 6.07) is 2.14. The van der Waals surface area contributed by atoms with Crippen LogP contribution >= 0.6 is 11.5 Å². The molecule has 1 atom stereocenters. The predicted octanol–water partition coefficient (Wildman–Crippen LogP) is 1.28. The molecule has 3 heterocycles. The number of hydrogen-bond acceptors (Lipinski definition) is 5. The Morgan fingerprint density at radius 1 is 1.58 bits per heavy atom. The van der Waals surface area contributed by atoms with Gasteiger partial charge in [-0.25, -0.2) is 0 Å². The fourth-order valence-electron chi connectivity index (χ4n) is 2.77. The third-order valence-corrected chi connectivity index (χ3v) is 4.70. The van der Waals surface area contributed by atoms with Gasteiger partial charge in [0.2, 0.25) is 0 Å². The summed E-state index contributed by atoms with van der Waals surface area (Å²) in [5.41, 5.74) is 0.685. The number of carbonyl (C=O) groups excluding carboxylic acids is 1. The zero-order chi connectivity index (χ0) is 13.5. The van der Waals surface area contributed by atoms with Gasteiger partial charge in [0.1, 0.15) is 11.8 Å². The normalized spacial score (nSPS) is 26.8. The van der Waals surface area contributed by atoms with Gasteiger partial charge in [0.25, 0.3) is 5.91 Å². The van der Waals surface area contributed by atoms with Gasteiger partial charge >= 0.3 is 0 Å². The first-order valence-corrected chi connectivity index (χ1v) is 7.48. The van der Waals surface area contributed by atoms with Crippen molar-refractivity contribution < 1.29 is 9.53 Å². The lowest BCUT2D eigenvalue weighted by molar-refractivity contribution is -0.123. The molecular weight excluding hydrogens is 262 g/mol. The van der Waals surface area contributed by atoms with Crippen LogP contribution in [0, 0.1) is 6.92 Å². The number of carbonyl (C=O) groups is 1. The van der Waals surface area contributed by atoms with Crippen LogP contribution in [0.25, 0.3) is 0 Å². The Hall–Kier alpha value is -0.980. The monoisotopic (exact) mass is 281 g/mol. The van der Waals surface area contributed by atoms with E-state index in [4.69, 9.17) is 4.74 Å². The molecule has 2 fully saturated rings. The third-order valence-electron chi connectivity index (χ3n) is 3.84. The zero-order valence-corrected chi connectivity index (χ0v) is 12.1. The largest absolute Gasteiger partial charge is 0.343 e. The molecule has 0 radical (unpaired) electrons. The lowest BCUT2D eigenvalue weighted by Crippen LogP contribution is -2.51. The third kappa shape index (κ3) is 2.66. The number of hydrogen-bond donors (Lipinski definition) is 1. The van der Waals surface area contributed by atoms with Gasteiger partial charge in [-0.2, -0.15) is 4.37 Å². The van der Waals surface area contributed by atoms with Crippen molar-refractivity contribution in [3.63, 3.8) is 0 Å². The van der Waals surface area contributed by atoms with E-state index in [9.17, 15) is 4.79 Å². The van der Waals surface area contributed by atoms with Crippen molar-refractivity contribution >= 4 is 17.4 Å². The first-order chi connectivity index (χ1) is 9.06. The minimum Gasteiger partial charge on any atom is -0.343 e. The second kappa shape index (κ2) is 4.85. The number of amides is 1. The molecule has 5 nitrogen and oxygen atoms in total. The van der Waals surface area contributed by atoms with Gasteiger partial charge in [0.05, 0.1) is 5.69 Å². The summed E-state index contributed by atoms with van der Waals surface area (Å²) in [4.78, 5) is 15.3. The maximum absolute atomic E-state index is 11.6. The maximum atomic E-state index is 11.6. The van der Waals surface area contributed by atoms with Crippen LogP contribution in [-0.2, 0) is 16.1 Å². The van der Waals surface area contributed by atoms with Crippen LogP contribution in [0.2, 0.25) is 0 Å². The van der Waals surface area contributed by atoms with Crippen LogP contribution in [-0.4, -0.2) is 40.1 Å². The van der Waals surface area contributed by atoms with Gasteiger partial charge in [-0.1, -0.05) is 0 Å². The first kappa shape index (κ1) is 13.0. The summed E-state index contributed by atoms with van der Waals surface area (Å²) in [6.07, 6.45) is 1.41. The number of likely N-dealkylation sites (tertiary alicyclic amines) is 1. The number of piperidine rings is 1. The fraction of sp³-hybridized carbons (Fsp3) is 0.692. The standard InChI is InChI=1S/C13H19N3O2S/c1-9-7-11(19-15-9)8-16-5-3-13(4-6-16)14-12(17)10(2)18-13/h7,10H,3-6,8H2,1-2H3,(H,14,17). The molecule has 0 aliphatic carbocycles. The van der Waals surface area contributed by atoms with Gasteiger partial charge < -0.3 is 10.1 Å². The molecule has 19 heavy (non-hydrogen) atoms. The molecule has 0 aromatic carbocycles. The first-order valence-electron chi connectivity index (χ1n) is 6.71. The van der Waals surface area contributed by atoms with Crippen molar-refractivity contribution in [2.75, 3.05) is 13.1 Å². The van der Waals surface area contributed by atoms with E-state index in [2.05, 4.69) is 20.7 Å². The van der Waals surface area contributed by atoms with E-state index in [1.165, 1.54) is 4.88 Å². The molecule has 2 aliphatic rings. The quantitative estimate of drug-likeness (QED) is 0.887. The Kier molecular flexibility index (Phi) is 3.32. The van der Waals surface area contributed by atoms with Crippen LogP contribution in [0.3, 0.4) is 0 Å². The second-order valence-corrected chi connectivity index (χ2v) is 6.34. The molecule has 2 aliphatic heterocycles. The number of rotatable bonds is 2. The van der Waals surface area contributed by atoms with E-state index in [0.29, 0.717) is 0 Å². The minimum atomic E-state index is -0.406. The van der Waals surface area contributed by atoms with Crippen molar-refractivity contribution in [1.82, 2.24) is 14.6 Å². The number of nitrogens with one attached hydrogen (secondary N) is 1. The van der Waals surface area contributed by atoms with Gasteiger partial charge in [0, 0.05) is 37.4 Å². The van der Waals surface area contributed by atoms with Crippen molar-refractivity contribution in [3.05, 3.63) is 16.6 Å². The lowest BCUT2D eigenvalue weighted by Gasteiger charge is -2.38. The molecule has 1 aromatic rings. The Morgan fingerprint density at radius 2 is 2.32 bits per heavy atom. The van der Waals surface area contributed by atoms with Gasteiger partial charge in [0.15, 0.2) is 0 Å². The molecule has 3 rings (SSSR count). The van der Waals surface area contributed by atoms with Crippen LogP contribution in [0.1, 0.15) is 30.3 Å². The van der Waals surface area contributed by atoms with E-state index in [0.717, 1.165) is 38.2 Å². The average molecular weight is 281 g/mol. The van der Waals surface area contributed by atoms with E-state index in [1.807, 2.05) is 13.8 Å². The number of aromatic nitrogens is 1. The predicted molar refractivity (Wildman–Crippen MR) is 72.8 cm³/mol. The fourth-order valence-corrected chi connectivity index (χ4v) is 3.55. The number of aryl methyl sites for hydroxylation is 1. The molecule has 1 unspecified atom stereocenters. The summed E-state index contributed by atoms with van der Waals surface area (Å²) in [6.45, 7) is 6.68.